The molecule has 0 fully saturated rings. The van der Waals surface area contributed by atoms with Crippen molar-refractivity contribution in [3.05, 3.63) is 11.3 Å². The fourth-order valence-corrected chi connectivity index (χ4v) is 0.937. The van der Waals surface area contributed by atoms with Gasteiger partial charge in [-0.2, -0.15) is 0 Å². The van der Waals surface area contributed by atoms with E-state index >= 15 is 0 Å². The van der Waals surface area contributed by atoms with E-state index in [2.05, 4.69) is 14.9 Å². The van der Waals surface area contributed by atoms with Gasteiger partial charge in [-0.3, -0.25) is 0 Å². The molecule has 0 atom stereocenters. The SMILES string of the molecule is CC/C(CO)=C(/N)c1nonc1N. The summed E-state index contributed by atoms with van der Waals surface area (Å²) in [6.45, 7) is 1.76. The molecule has 0 amide bonds. The highest BCUT2D eigenvalue weighted by Gasteiger charge is 2.12. The Balaban J connectivity index is 3.08. The molecule has 6 nitrogen and oxygen atoms in total. The minimum atomic E-state index is -0.116. The van der Waals surface area contributed by atoms with Crippen molar-refractivity contribution in [1.29, 1.82) is 0 Å². The summed E-state index contributed by atoms with van der Waals surface area (Å²) >= 11 is 0. The van der Waals surface area contributed by atoms with Crippen LogP contribution in [0.2, 0.25) is 0 Å². The zero-order chi connectivity index (χ0) is 9.84. The topological polar surface area (TPSA) is 111 Å². The maximum absolute atomic E-state index is 8.93. The predicted molar refractivity (Wildman–Crippen MR) is 47.2 cm³/mol. The Labute approximate surface area is 75.2 Å². The van der Waals surface area contributed by atoms with Crippen LogP contribution < -0.4 is 11.5 Å². The summed E-state index contributed by atoms with van der Waals surface area (Å²) in [7, 11) is 0. The molecule has 0 aliphatic heterocycles. The Hall–Kier alpha value is -1.56. The Morgan fingerprint density at radius 3 is 2.62 bits per heavy atom. The van der Waals surface area contributed by atoms with Crippen molar-refractivity contribution >= 4 is 11.5 Å². The second-order valence-corrected chi connectivity index (χ2v) is 2.53. The summed E-state index contributed by atoms with van der Waals surface area (Å²) in [5.74, 6) is 0.136. The third-order valence-electron chi connectivity index (χ3n) is 1.77. The summed E-state index contributed by atoms with van der Waals surface area (Å²) in [4.78, 5) is 0. The van der Waals surface area contributed by atoms with E-state index < -0.39 is 0 Å². The molecule has 0 unspecified atom stereocenters. The molecule has 1 aromatic rings. The quantitative estimate of drug-likeness (QED) is 0.596. The smallest absolute Gasteiger partial charge is 0.197 e. The summed E-state index contributed by atoms with van der Waals surface area (Å²) in [6.07, 6.45) is 0.634. The molecule has 72 valence electrons. The van der Waals surface area contributed by atoms with Gasteiger partial charge < -0.3 is 16.6 Å². The second-order valence-electron chi connectivity index (χ2n) is 2.53. The summed E-state index contributed by atoms with van der Waals surface area (Å²) < 4.78 is 4.38. The largest absolute Gasteiger partial charge is 0.397 e. The van der Waals surface area contributed by atoms with Gasteiger partial charge in [-0.1, -0.05) is 6.92 Å². The third kappa shape index (κ3) is 1.78. The van der Waals surface area contributed by atoms with E-state index in [1.165, 1.54) is 0 Å². The van der Waals surface area contributed by atoms with Gasteiger partial charge in [0.1, 0.15) is 0 Å². The van der Waals surface area contributed by atoms with Crippen LogP contribution >= 0.6 is 0 Å². The first-order valence-corrected chi connectivity index (χ1v) is 3.87. The number of aromatic nitrogens is 2. The number of aliphatic hydroxyl groups excluding tert-OH is 1. The molecule has 0 aromatic carbocycles. The second kappa shape index (κ2) is 3.90. The van der Waals surface area contributed by atoms with Crippen molar-refractivity contribution in [3.8, 4) is 0 Å². The minimum Gasteiger partial charge on any atom is -0.397 e. The maximum atomic E-state index is 8.93. The van der Waals surface area contributed by atoms with E-state index in [-0.39, 0.29) is 12.4 Å². The molecule has 6 heteroatoms. The molecule has 0 aliphatic rings. The average molecular weight is 184 g/mol. The van der Waals surface area contributed by atoms with Crippen molar-refractivity contribution in [2.45, 2.75) is 13.3 Å². The van der Waals surface area contributed by atoms with Crippen LogP contribution in [0, 0.1) is 0 Å². The monoisotopic (exact) mass is 184 g/mol. The highest BCUT2D eigenvalue weighted by atomic mass is 16.6. The normalized spacial score (nSPS) is 12.8. The fourth-order valence-electron chi connectivity index (χ4n) is 0.937. The van der Waals surface area contributed by atoms with Crippen LogP contribution in [0.25, 0.3) is 5.70 Å². The number of hydrogen-bond acceptors (Lipinski definition) is 6. The Morgan fingerprint density at radius 1 is 1.54 bits per heavy atom. The molecule has 0 aliphatic carbocycles. The van der Waals surface area contributed by atoms with Crippen molar-refractivity contribution in [3.63, 3.8) is 0 Å². The van der Waals surface area contributed by atoms with Gasteiger partial charge in [0.2, 0.25) is 0 Å². The van der Waals surface area contributed by atoms with Crippen LogP contribution in [0.4, 0.5) is 5.82 Å². The lowest BCUT2D eigenvalue weighted by atomic mass is 10.1. The predicted octanol–water partition coefficient (Wildman–Crippen LogP) is -0.276. The first-order chi connectivity index (χ1) is 6.20. The molecule has 0 saturated heterocycles. The molecule has 13 heavy (non-hydrogen) atoms. The standard InChI is InChI=1S/C7H12N4O2/c1-2-4(3-12)5(8)6-7(9)11-13-10-6/h12H,2-3,8H2,1H3,(H2,9,11)/b5-4-. The summed E-state index contributed by atoms with van der Waals surface area (Å²) in [5, 5.41) is 15.8. The van der Waals surface area contributed by atoms with Gasteiger partial charge in [-0.25, -0.2) is 4.63 Å². The van der Waals surface area contributed by atoms with Gasteiger partial charge in [-0.05, 0) is 22.3 Å². The fraction of sp³-hybridized carbons (Fsp3) is 0.429. The molecule has 0 bridgehead atoms. The highest BCUT2D eigenvalue weighted by Crippen LogP contribution is 2.17. The number of rotatable bonds is 3. The van der Waals surface area contributed by atoms with Crippen LogP contribution in [-0.2, 0) is 0 Å². The van der Waals surface area contributed by atoms with Gasteiger partial charge in [-0.15, -0.1) is 0 Å². The molecule has 1 heterocycles. The van der Waals surface area contributed by atoms with E-state index in [4.69, 9.17) is 16.6 Å². The molecule has 0 radical (unpaired) electrons. The van der Waals surface area contributed by atoms with Crippen LogP contribution in [0.5, 0.6) is 0 Å². The highest BCUT2D eigenvalue weighted by molar-refractivity contribution is 5.69. The number of nitrogen functional groups attached to an aromatic ring is 1. The van der Waals surface area contributed by atoms with Crippen molar-refractivity contribution in [2.24, 2.45) is 5.73 Å². The van der Waals surface area contributed by atoms with Gasteiger partial charge in [0, 0.05) is 0 Å². The molecular weight excluding hydrogens is 172 g/mol. The van der Waals surface area contributed by atoms with Gasteiger partial charge >= 0.3 is 0 Å². The first-order valence-electron chi connectivity index (χ1n) is 3.87. The lowest BCUT2D eigenvalue weighted by Crippen LogP contribution is -2.06. The first kappa shape index (κ1) is 9.53. The Morgan fingerprint density at radius 2 is 2.23 bits per heavy atom. The number of nitrogens with zero attached hydrogens (tertiary/aromatic N) is 2. The molecule has 0 saturated carbocycles. The molecule has 5 N–H and O–H groups in total. The number of aliphatic hydroxyl groups is 1. The number of nitrogens with two attached hydrogens (primary N) is 2. The zero-order valence-electron chi connectivity index (χ0n) is 7.32. The zero-order valence-corrected chi connectivity index (χ0v) is 7.32. The van der Waals surface area contributed by atoms with E-state index in [1.54, 1.807) is 0 Å². The molecule has 0 spiro atoms. The van der Waals surface area contributed by atoms with Gasteiger partial charge in [0.25, 0.3) is 0 Å². The molecule has 1 rings (SSSR count). The van der Waals surface area contributed by atoms with Crippen molar-refractivity contribution < 1.29 is 9.74 Å². The maximum Gasteiger partial charge on any atom is 0.197 e. The van der Waals surface area contributed by atoms with E-state index in [0.29, 0.717) is 23.4 Å². The van der Waals surface area contributed by atoms with E-state index in [0.717, 1.165) is 0 Å². The average Bonchev–Trinajstić information content (AvgIpc) is 2.53. The van der Waals surface area contributed by atoms with Crippen molar-refractivity contribution in [1.82, 2.24) is 10.3 Å². The van der Waals surface area contributed by atoms with Gasteiger partial charge in [0.05, 0.1) is 12.3 Å². The number of anilines is 1. The van der Waals surface area contributed by atoms with Crippen LogP contribution in [-0.4, -0.2) is 22.0 Å². The molecular formula is C7H12N4O2. The minimum absolute atomic E-state index is 0.116. The van der Waals surface area contributed by atoms with Crippen LogP contribution in [0.3, 0.4) is 0 Å². The molecule has 1 aromatic heterocycles. The lowest BCUT2D eigenvalue weighted by molar-refractivity contribution is 0.307. The Bertz CT molecular complexity index is 312. The van der Waals surface area contributed by atoms with E-state index in [1.807, 2.05) is 6.92 Å². The third-order valence-corrected chi connectivity index (χ3v) is 1.77. The summed E-state index contributed by atoms with van der Waals surface area (Å²) in [5.41, 5.74) is 12.4. The van der Waals surface area contributed by atoms with Crippen molar-refractivity contribution in [2.75, 3.05) is 12.3 Å². The number of hydrogen-bond donors (Lipinski definition) is 3. The van der Waals surface area contributed by atoms with E-state index in [9.17, 15) is 0 Å². The van der Waals surface area contributed by atoms with Crippen LogP contribution in [0.15, 0.2) is 10.2 Å². The summed E-state index contributed by atoms with van der Waals surface area (Å²) in [6, 6.07) is 0. The lowest BCUT2D eigenvalue weighted by Gasteiger charge is -2.03. The van der Waals surface area contributed by atoms with Gasteiger partial charge in [0.15, 0.2) is 11.5 Å². The Kier molecular flexibility index (Phi) is 2.86. The van der Waals surface area contributed by atoms with Crippen LogP contribution in [0.1, 0.15) is 19.0 Å².